The van der Waals surface area contributed by atoms with E-state index in [-0.39, 0.29) is 0 Å². The number of H-pyrrole nitrogens is 1. The molecule has 3 rings (SSSR count). The average Bonchev–Trinajstić information content (AvgIpc) is 3.21. The first kappa shape index (κ1) is 13.6. The Morgan fingerprint density at radius 2 is 2.35 bits per heavy atom. The third kappa shape index (κ3) is 3.03. The highest BCUT2D eigenvalue weighted by molar-refractivity contribution is 5.81. The van der Waals surface area contributed by atoms with Gasteiger partial charge in [-0.3, -0.25) is 4.79 Å². The summed E-state index contributed by atoms with van der Waals surface area (Å²) in [4.78, 5) is 21.6. The maximum Gasteiger partial charge on any atom is 0.225 e. The molecule has 1 saturated carbocycles. The molecule has 5 nitrogen and oxygen atoms in total. The Morgan fingerprint density at radius 3 is 3.00 bits per heavy atom. The largest absolute Gasteiger partial charge is 0.348 e. The monoisotopic (exact) mass is 276 g/mol. The summed E-state index contributed by atoms with van der Waals surface area (Å²) in [6.07, 6.45) is 8.01. The molecule has 0 spiro atoms. The summed E-state index contributed by atoms with van der Waals surface area (Å²) < 4.78 is 0. The van der Waals surface area contributed by atoms with Crippen LogP contribution in [-0.4, -0.2) is 39.9 Å². The van der Waals surface area contributed by atoms with Crippen LogP contribution in [0.25, 0.3) is 0 Å². The summed E-state index contributed by atoms with van der Waals surface area (Å²) in [5.41, 5.74) is 0. The van der Waals surface area contributed by atoms with E-state index in [1.54, 1.807) is 6.20 Å². The quantitative estimate of drug-likeness (QED) is 0.857. The molecule has 110 valence electrons. The Balaban J connectivity index is 1.52. The normalized spacial score (nSPS) is 26.8. The smallest absolute Gasteiger partial charge is 0.225 e. The lowest BCUT2D eigenvalue weighted by Gasteiger charge is -2.39. The van der Waals surface area contributed by atoms with Crippen molar-refractivity contribution in [1.82, 2.24) is 20.2 Å². The third-order valence-electron chi connectivity index (χ3n) is 4.58. The van der Waals surface area contributed by atoms with Gasteiger partial charge in [-0.1, -0.05) is 13.3 Å². The first-order valence-corrected chi connectivity index (χ1v) is 7.78. The van der Waals surface area contributed by atoms with Gasteiger partial charge in [-0.15, -0.1) is 0 Å². The van der Waals surface area contributed by atoms with Gasteiger partial charge in [0.05, 0.1) is 6.54 Å². The molecule has 5 heteroatoms. The van der Waals surface area contributed by atoms with E-state index in [1.807, 2.05) is 6.20 Å². The maximum atomic E-state index is 12.2. The van der Waals surface area contributed by atoms with Crippen molar-refractivity contribution in [3.63, 3.8) is 0 Å². The number of rotatable bonds is 5. The number of hydrogen-bond acceptors (Lipinski definition) is 3. The lowest BCUT2D eigenvalue weighted by atomic mass is 9.89. The van der Waals surface area contributed by atoms with Gasteiger partial charge in [0.1, 0.15) is 5.82 Å². The van der Waals surface area contributed by atoms with Crippen molar-refractivity contribution < 1.29 is 4.79 Å². The van der Waals surface area contributed by atoms with Gasteiger partial charge in [-0.05, 0) is 25.2 Å². The molecule has 1 aliphatic carbocycles. The molecule has 0 aromatic carbocycles. The van der Waals surface area contributed by atoms with E-state index in [9.17, 15) is 4.79 Å². The van der Waals surface area contributed by atoms with E-state index >= 15 is 0 Å². The van der Waals surface area contributed by atoms with Crippen molar-refractivity contribution in [3.05, 3.63) is 18.2 Å². The predicted molar refractivity (Wildman–Crippen MR) is 76.9 cm³/mol. The third-order valence-corrected chi connectivity index (χ3v) is 4.58. The number of imidazole rings is 1. The number of carbonyl (C=O) groups excluding carboxylic acids is 1. The second-order valence-electron chi connectivity index (χ2n) is 6.04. The highest BCUT2D eigenvalue weighted by Gasteiger charge is 2.37. The molecule has 0 radical (unpaired) electrons. The summed E-state index contributed by atoms with van der Waals surface area (Å²) in [7, 11) is 0. The van der Waals surface area contributed by atoms with E-state index in [2.05, 4.69) is 27.1 Å². The van der Waals surface area contributed by atoms with Gasteiger partial charge in [-0.2, -0.15) is 0 Å². The summed E-state index contributed by atoms with van der Waals surface area (Å²) in [6, 6.07) is 0.494. The number of carbonyl (C=O) groups is 1. The number of nitrogens with one attached hydrogen (secondary N) is 2. The molecule has 0 bridgehead atoms. The van der Waals surface area contributed by atoms with Crippen LogP contribution in [0.3, 0.4) is 0 Å². The van der Waals surface area contributed by atoms with Crippen LogP contribution in [0, 0.1) is 11.8 Å². The van der Waals surface area contributed by atoms with E-state index in [0.717, 1.165) is 51.1 Å². The molecule has 20 heavy (non-hydrogen) atoms. The van der Waals surface area contributed by atoms with Gasteiger partial charge in [0.2, 0.25) is 5.91 Å². The highest BCUT2D eigenvalue weighted by Crippen LogP contribution is 2.33. The molecular formula is C15H24N4O. The van der Waals surface area contributed by atoms with E-state index < -0.39 is 0 Å². The number of hydrogen-bond donors (Lipinski definition) is 2. The second-order valence-corrected chi connectivity index (χ2v) is 6.04. The van der Waals surface area contributed by atoms with Gasteiger partial charge in [0, 0.05) is 37.4 Å². The molecule has 1 amide bonds. The Kier molecular flexibility index (Phi) is 4.05. The fourth-order valence-corrected chi connectivity index (χ4v) is 3.13. The van der Waals surface area contributed by atoms with Crippen LogP contribution in [-0.2, 0) is 11.3 Å². The van der Waals surface area contributed by atoms with Gasteiger partial charge < -0.3 is 15.2 Å². The molecule has 2 fully saturated rings. The number of likely N-dealkylation sites (tertiary alicyclic amines) is 1. The molecule has 1 aliphatic heterocycles. The zero-order valence-electron chi connectivity index (χ0n) is 12.1. The Labute approximate surface area is 120 Å². The Morgan fingerprint density at radius 1 is 1.50 bits per heavy atom. The number of aromatic amines is 1. The summed E-state index contributed by atoms with van der Waals surface area (Å²) in [5, 5.41) is 3.60. The zero-order chi connectivity index (χ0) is 13.9. The number of aromatic nitrogens is 2. The van der Waals surface area contributed by atoms with Crippen LogP contribution < -0.4 is 5.32 Å². The molecule has 2 atom stereocenters. The van der Waals surface area contributed by atoms with Crippen LogP contribution >= 0.6 is 0 Å². The molecule has 1 saturated heterocycles. The lowest BCUT2D eigenvalue weighted by molar-refractivity contribution is -0.134. The standard InChI is InChI=1S/C15H24N4O/c1-2-11-10-19(15(20)12-3-4-12)8-5-13(11)18-9-14-16-6-7-17-14/h6-7,11-13,18H,2-5,8-10H2,1H3,(H,16,17)/t11-,13+/m0/s1. The number of piperidine rings is 1. The summed E-state index contributed by atoms with van der Waals surface area (Å²) in [5.74, 6) is 2.28. The Hall–Kier alpha value is -1.36. The van der Waals surface area contributed by atoms with E-state index in [0.29, 0.717) is 23.8 Å². The lowest BCUT2D eigenvalue weighted by Crippen LogP contribution is -2.51. The zero-order valence-corrected chi connectivity index (χ0v) is 12.1. The van der Waals surface area contributed by atoms with Crippen LogP contribution in [0.2, 0.25) is 0 Å². The first-order valence-electron chi connectivity index (χ1n) is 7.78. The summed E-state index contributed by atoms with van der Waals surface area (Å²) >= 11 is 0. The molecule has 2 aliphatic rings. The predicted octanol–water partition coefficient (Wildman–Crippen LogP) is 1.54. The van der Waals surface area contributed by atoms with Crippen LogP contribution in [0.5, 0.6) is 0 Å². The van der Waals surface area contributed by atoms with Crippen molar-refractivity contribution in [2.75, 3.05) is 13.1 Å². The van der Waals surface area contributed by atoms with Crippen LogP contribution in [0.15, 0.2) is 12.4 Å². The SMILES string of the molecule is CC[C@H]1CN(C(=O)C2CC2)CC[C@H]1NCc1ncc[nH]1. The molecule has 1 aromatic rings. The maximum absolute atomic E-state index is 12.2. The van der Waals surface area contributed by atoms with E-state index in [1.165, 1.54) is 0 Å². The Bertz CT molecular complexity index is 441. The summed E-state index contributed by atoms with van der Waals surface area (Å²) in [6.45, 7) is 4.82. The minimum Gasteiger partial charge on any atom is -0.348 e. The van der Waals surface area contributed by atoms with Gasteiger partial charge in [0.15, 0.2) is 0 Å². The van der Waals surface area contributed by atoms with Crippen molar-refractivity contribution in [2.24, 2.45) is 11.8 Å². The molecule has 0 unspecified atom stereocenters. The molecule has 2 N–H and O–H groups in total. The number of amides is 1. The minimum atomic E-state index is 0.347. The van der Waals surface area contributed by atoms with Gasteiger partial charge in [0.25, 0.3) is 0 Å². The molecule has 2 heterocycles. The van der Waals surface area contributed by atoms with Crippen molar-refractivity contribution >= 4 is 5.91 Å². The van der Waals surface area contributed by atoms with Crippen molar-refractivity contribution in [1.29, 1.82) is 0 Å². The molecule has 1 aromatic heterocycles. The average molecular weight is 276 g/mol. The van der Waals surface area contributed by atoms with Crippen LogP contribution in [0.1, 0.15) is 38.4 Å². The van der Waals surface area contributed by atoms with Crippen molar-refractivity contribution in [2.45, 2.75) is 45.2 Å². The number of nitrogens with zero attached hydrogens (tertiary/aromatic N) is 2. The first-order chi connectivity index (χ1) is 9.78. The van der Waals surface area contributed by atoms with Crippen molar-refractivity contribution in [3.8, 4) is 0 Å². The highest BCUT2D eigenvalue weighted by atomic mass is 16.2. The molecular weight excluding hydrogens is 252 g/mol. The van der Waals surface area contributed by atoms with E-state index in [4.69, 9.17) is 0 Å². The topological polar surface area (TPSA) is 61.0 Å². The fraction of sp³-hybridized carbons (Fsp3) is 0.733. The van der Waals surface area contributed by atoms with Gasteiger partial charge in [-0.25, -0.2) is 4.98 Å². The fourth-order valence-electron chi connectivity index (χ4n) is 3.13. The van der Waals surface area contributed by atoms with Crippen LogP contribution in [0.4, 0.5) is 0 Å². The second kappa shape index (κ2) is 5.95. The minimum absolute atomic E-state index is 0.347. The van der Waals surface area contributed by atoms with Gasteiger partial charge >= 0.3 is 0 Å².